The highest BCUT2D eigenvalue weighted by atomic mass is 32.2. The number of amides is 1. The van der Waals surface area contributed by atoms with E-state index in [1.165, 1.54) is 11.8 Å². The normalized spacial score (nSPS) is 16.7. The monoisotopic (exact) mass is 348 g/mol. The van der Waals surface area contributed by atoms with Crippen molar-refractivity contribution in [1.29, 1.82) is 0 Å². The van der Waals surface area contributed by atoms with Crippen LogP contribution in [0.5, 0.6) is 0 Å². The summed E-state index contributed by atoms with van der Waals surface area (Å²) in [5.41, 5.74) is 1.03. The summed E-state index contributed by atoms with van der Waals surface area (Å²) in [6, 6.07) is 3.86. The fourth-order valence-corrected chi connectivity index (χ4v) is 3.43. The first kappa shape index (κ1) is 16.8. The molecule has 1 amide bonds. The number of pyridine rings is 1. The Balaban J connectivity index is 1.64. The zero-order valence-corrected chi connectivity index (χ0v) is 14.3. The van der Waals surface area contributed by atoms with Gasteiger partial charge in [0.15, 0.2) is 0 Å². The molecule has 0 aromatic carbocycles. The molecule has 1 atom stereocenters. The molecule has 1 saturated heterocycles. The molecule has 0 radical (unpaired) electrons. The van der Waals surface area contributed by atoms with Crippen LogP contribution in [0.25, 0.3) is 0 Å². The Kier molecular flexibility index (Phi) is 5.76. The van der Waals surface area contributed by atoms with Gasteiger partial charge in [0.05, 0.1) is 11.8 Å². The van der Waals surface area contributed by atoms with E-state index in [2.05, 4.69) is 25.8 Å². The molecule has 1 aliphatic rings. The molecule has 0 spiro atoms. The second kappa shape index (κ2) is 8.20. The van der Waals surface area contributed by atoms with E-state index in [4.69, 9.17) is 4.74 Å². The van der Waals surface area contributed by atoms with E-state index in [1.54, 1.807) is 17.9 Å². The third-order valence-electron chi connectivity index (χ3n) is 4.01. The Hall–Kier alpha value is -2.00. The molecule has 1 fully saturated rings. The van der Waals surface area contributed by atoms with Crippen LogP contribution in [0.3, 0.4) is 0 Å². The predicted octanol–water partition coefficient (Wildman–Crippen LogP) is 0.981. The lowest BCUT2D eigenvalue weighted by Gasteiger charge is -2.31. The van der Waals surface area contributed by atoms with Gasteiger partial charge in [-0.1, -0.05) is 17.8 Å². The van der Waals surface area contributed by atoms with Crippen LogP contribution < -0.4 is 5.32 Å². The van der Waals surface area contributed by atoms with Crippen LogP contribution in [0.4, 0.5) is 0 Å². The van der Waals surface area contributed by atoms with E-state index in [9.17, 15) is 4.79 Å². The highest BCUT2D eigenvalue weighted by Gasteiger charge is 2.27. The van der Waals surface area contributed by atoms with Gasteiger partial charge in [0.25, 0.3) is 0 Å². The number of hydrogen-bond donors (Lipinski definition) is 1. The fraction of sp³-hybridized carbons (Fsp3) is 0.533. The predicted molar refractivity (Wildman–Crippen MR) is 88.2 cm³/mol. The molecule has 0 aliphatic carbocycles. The van der Waals surface area contributed by atoms with E-state index in [0.29, 0.717) is 11.1 Å². The third-order valence-corrected chi connectivity index (χ3v) is 5.02. The lowest BCUT2D eigenvalue weighted by molar-refractivity contribution is -0.120. The first-order chi connectivity index (χ1) is 11.7. The van der Waals surface area contributed by atoms with Crippen molar-refractivity contribution in [2.45, 2.75) is 24.0 Å². The topological polar surface area (TPSA) is 94.8 Å². The van der Waals surface area contributed by atoms with Gasteiger partial charge in [-0.3, -0.25) is 9.78 Å². The maximum absolute atomic E-state index is 12.4. The first-order valence-electron chi connectivity index (χ1n) is 7.86. The van der Waals surface area contributed by atoms with Crippen molar-refractivity contribution in [3.63, 3.8) is 0 Å². The van der Waals surface area contributed by atoms with Crippen molar-refractivity contribution in [3.8, 4) is 0 Å². The Morgan fingerprint density at radius 3 is 3.00 bits per heavy atom. The van der Waals surface area contributed by atoms with E-state index in [0.717, 1.165) is 31.6 Å². The minimum Gasteiger partial charge on any atom is -0.381 e. The van der Waals surface area contributed by atoms with Gasteiger partial charge < -0.3 is 10.1 Å². The zero-order valence-electron chi connectivity index (χ0n) is 13.5. The zero-order chi connectivity index (χ0) is 16.8. The minimum absolute atomic E-state index is 0.0386. The number of thioether (sulfide) groups is 1. The fourth-order valence-electron chi connectivity index (χ4n) is 2.77. The maximum Gasteiger partial charge on any atom is 0.230 e. The number of aryl methyl sites for hydroxylation is 1. The highest BCUT2D eigenvalue weighted by Crippen LogP contribution is 2.30. The Bertz CT molecular complexity index is 659. The summed E-state index contributed by atoms with van der Waals surface area (Å²) in [6.45, 7) is 1.47. The molecule has 1 unspecified atom stereocenters. The molecule has 24 heavy (non-hydrogen) atoms. The average molecular weight is 348 g/mol. The minimum atomic E-state index is -0.0479. The van der Waals surface area contributed by atoms with Crippen molar-refractivity contribution in [2.75, 3.05) is 19.0 Å². The van der Waals surface area contributed by atoms with Gasteiger partial charge in [0.2, 0.25) is 11.1 Å². The number of nitrogens with zero attached hydrogens (tertiary/aromatic N) is 5. The first-order valence-corrected chi connectivity index (χ1v) is 8.85. The summed E-state index contributed by atoms with van der Waals surface area (Å²) < 4.78 is 6.99. The Morgan fingerprint density at radius 1 is 1.50 bits per heavy atom. The quantitative estimate of drug-likeness (QED) is 0.778. The van der Waals surface area contributed by atoms with Crippen LogP contribution in [-0.2, 0) is 16.6 Å². The van der Waals surface area contributed by atoms with Crippen molar-refractivity contribution in [3.05, 3.63) is 30.1 Å². The van der Waals surface area contributed by atoms with Crippen LogP contribution in [-0.4, -0.2) is 50.1 Å². The van der Waals surface area contributed by atoms with Crippen molar-refractivity contribution in [2.24, 2.45) is 13.0 Å². The molecule has 128 valence electrons. The molecule has 0 saturated carbocycles. The van der Waals surface area contributed by atoms with Crippen LogP contribution >= 0.6 is 11.8 Å². The van der Waals surface area contributed by atoms with Crippen LogP contribution in [0.15, 0.2) is 29.7 Å². The molecule has 1 aliphatic heterocycles. The maximum atomic E-state index is 12.4. The van der Waals surface area contributed by atoms with Crippen molar-refractivity contribution >= 4 is 17.7 Å². The number of carbonyl (C=O) groups excluding carboxylic acids is 1. The highest BCUT2D eigenvalue weighted by molar-refractivity contribution is 7.99. The molecule has 0 bridgehead atoms. The summed E-state index contributed by atoms with van der Waals surface area (Å²) in [4.78, 5) is 16.6. The number of tetrazole rings is 1. The summed E-state index contributed by atoms with van der Waals surface area (Å²) in [6.07, 6.45) is 5.42. The van der Waals surface area contributed by atoms with E-state index in [1.807, 2.05) is 18.3 Å². The molecule has 8 nitrogen and oxygen atoms in total. The Morgan fingerprint density at radius 2 is 2.33 bits per heavy atom. The lowest BCUT2D eigenvalue weighted by atomic mass is 9.87. The van der Waals surface area contributed by atoms with E-state index in [-0.39, 0.29) is 17.7 Å². The number of rotatable bonds is 6. The van der Waals surface area contributed by atoms with Gasteiger partial charge in [-0.05, 0) is 40.8 Å². The smallest absolute Gasteiger partial charge is 0.230 e. The second-order valence-corrected chi connectivity index (χ2v) is 6.60. The molecule has 2 aromatic rings. The van der Waals surface area contributed by atoms with Crippen LogP contribution in [0, 0.1) is 5.92 Å². The molecule has 1 N–H and O–H groups in total. The van der Waals surface area contributed by atoms with Crippen LogP contribution in [0.2, 0.25) is 0 Å². The number of carbonyl (C=O) groups is 1. The van der Waals surface area contributed by atoms with Gasteiger partial charge in [0.1, 0.15) is 0 Å². The van der Waals surface area contributed by atoms with Gasteiger partial charge in [0, 0.05) is 32.7 Å². The van der Waals surface area contributed by atoms with Crippen LogP contribution in [0.1, 0.15) is 24.4 Å². The summed E-state index contributed by atoms with van der Waals surface area (Å²) in [7, 11) is 1.75. The van der Waals surface area contributed by atoms with Crippen molar-refractivity contribution in [1.82, 2.24) is 30.5 Å². The van der Waals surface area contributed by atoms with Gasteiger partial charge in [-0.25, -0.2) is 4.68 Å². The van der Waals surface area contributed by atoms with Gasteiger partial charge in [-0.2, -0.15) is 0 Å². The molecule has 3 rings (SSSR count). The number of nitrogens with one attached hydrogen (secondary N) is 1. The molecular formula is C15H20N6O2S. The van der Waals surface area contributed by atoms with Crippen molar-refractivity contribution < 1.29 is 9.53 Å². The second-order valence-electron chi connectivity index (χ2n) is 5.66. The molecule has 9 heteroatoms. The summed E-state index contributed by atoms with van der Waals surface area (Å²) in [5, 5.41) is 15.0. The average Bonchev–Trinajstić information content (AvgIpc) is 3.04. The van der Waals surface area contributed by atoms with Gasteiger partial charge in [-0.15, -0.1) is 5.10 Å². The summed E-state index contributed by atoms with van der Waals surface area (Å²) >= 11 is 1.32. The SMILES string of the molecule is Cn1nnnc1SCC(=O)NC(c1cccnc1)C1CCOCC1. The number of hydrogen-bond acceptors (Lipinski definition) is 7. The largest absolute Gasteiger partial charge is 0.381 e. The van der Waals surface area contributed by atoms with Gasteiger partial charge >= 0.3 is 0 Å². The number of ether oxygens (including phenoxy) is 1. The molecule has 3 heterocycles. The molecular weight excluding hydrogens is 328 g/mol. The van der Waals surface area contributed by atoms with E-state index < -0.39 is 0 Å². The Labute approximate surface area is 144 Å². The molecule has 2 aromatic heterocycles. The standard InChI is InChI=1S/C15H20N6O2S/c1-21-15(18-19-20-21)24-10-13(22)17-14(11-4-7-23-8-5-11)12-3-2-6-16-9-12/h2-3,6,9,11,14H,4-5,7-8,10H2,1H3,(H,17,22). The summed E-state index contributed by atoms with van der Waals surface area (Å²) in [5.74, 6) is 0.588. The van der Waals surface area contributed by atoms with E-state index >= 15 is 0 Å². The third kappa shape index (κ3) is 4.30. The lowest BCUT2D eigenvalue weighted by Crippen LogP contribution is -2.37. The number of aromatic nitrogens is 5.